The topological polar surface area (TPSA) is 37.8 Å². The highest BCUT2D eigenvalue weighted by Crippen LogP contribution is 2.31. The molecule has 0 amide bonds. The van der Waals surface area contributed by atoms with Gasteiger partial charge in [-0.3, -0.25) is 0 Å². The summed E-state index contributed by atoms with van der Waals surface area (Å²) in [5.41, 5.74) is 1.11. The van der Waals surface area contributed by atoms with Crippen molar-refractivity contribution in [3.05, 3.63) is 18.1 Å². The maximum absolute atomic E-state index is 4.25. The van der Waals surface area contributed by atoms with Gasteiger partial charge < -0.3 is 5.32 Å². The number of anilines is 1. The van der Waals surface area contributed by atoms with Gasteiger partial charge in [0.2, 0.25) is 0 Å². The highest BCUT2D eigenvalue weighted by Gasteiger charge is 2.22. The van der Waals surface area contributed by atoms with Crippen molar-refractivity contribution in [2.24, 2.45) is 11.8 Å². The molecule has 88 valence electrons. The Morgan fingerprint density at radius 3 is 2.94 bits per heavy atom. The molecule has 3 heteroatoms. The number of aromatic nitrogens is 2. The SMILES string of the molecule is CCc1cc(NCC2CCCC2C)ncn1. The van der Waals surface area contributed by atoms with Gasteiger partial charge in [0.1, 0.15) is 12.1 Å². The minimum atomic E-state index is 0.819. The van der Waals surface area contributed by atoms with Crippen molar-refractivity contribution in [2.45, 2.75) is 39.5 Å². The van der Waals surface area contributed by atoms with E-state index in [9.17, 15) is 0 Å². The molecule has 0 radical (unpaired) electrons. The van der Waals surface area contributed by atoms with Crippen molar-refractivity contribution in [3.63, 3.8) is 0 Å². The van der Waals surface area contributed by atoms with E-state index in [1.165, 1.54) is 19.3 Å². The van der Waals surface area contributed by atoms with Crippen LogP contribution in [0, 0.1) is 11.8 Å². The maximum Gasteiger partial charge on any atom is 0.129 e. The minimum Gasteiger partial charge on any atom is -0.370 e. The molecule has 1 N–H and O–H groups in total. The second kappa shape index (κ2) is 5.28. The highest BCUT2D eigenvalue weighted by atomic mass is 15.0. The highest BCUT2D eigenvalue weighted by molar-refractivity contribution is 5.34. The molecule has 2 atom stereocenters. The lowest BCUT2D eigenvalue weighted by atomic mass is 9.98. The molecule has 1 aliphatic carbocycles. The average Bonchev–Trinajstić information content (AvgIpc) is 2.72. The summed E-state index contributed by atoms with van der Waals surface area (Å²) in [6.07, 6.45) is 6.75. The van der Waals surface area contributed by atoms with Crippen LogP contribution in [0.25, 0.3) is 0 Å². The predicted octanol–water partition coefficient (Wildman–Crippen LogP) is 2.89. The fraction of sp³-hybridized carbons (Fsp3) is 0.692. The molecule has 0 aromatic carbocycles. The molecule has 2 unspecified atom stereocenters. The summed E-state index contributed by atoms with van der Waals surface area (Å²) < 4.78 is 0. The van der Waals surface area contributed by atoms with E-state index < -0.39 is 0 Å². The summed E-state index contributed by atoms with van der Waals surface area (Å²) in [6, 6.07) is 2.06. The minimum absolute atomic E-state index is 0.819. The fourth-order valence-electron chi connectivity index (χ4n) is 2.45. The van der Waals surface area contributed by atoms with Gasteiger partial charge in [0.15, 0.2) is 0 Å². The van der Waals surface area contributed by atoms with E-state index in [1.54, 1.807) is 6.33 Å². The second-order valence-electron chi connectivity index (χ2n) is 4.80. The van der Waals surface area contributed by atoms with E-state index in [1.807, 2.05) is 0 Å². The van der Waals surface area contributed by atoms with Gasteiger partial charge in [0.05, 0.1) is 0 Å². The Bertz CT molecular complexity index is 338. The van der Waals surface area contributed by atoms with Crippen LogP contribution in [0.3, 0.4) is 0 Å². The van der Waals surface area contributed by atoms with Gasteiger partial charge in [0.25, 0.3) is 0 Å². The summed E-state index contributed by atoms with van der Waals surface area (Å²) in [4.78, 5) is 8.45. The normalized spacial score (nSPS) is 24.6. The molecular formula is C13H21N3. The van der Waals surface area contributed by atoms with Crippen molar-refractivity contribution < 1.29 is 0 Å². The molecule has 1 aromatic heterocycles. The molecule has 1 fully saturated rings. The van der Waals surface area contributed by atoms with Crippen LogP contribution < -0.4 is 5.32 Å². The van der Waals surface area contributed by atoms with Crippen molar-refractivity contribution in [1.82, 2.24) is 9.97 Å². The van der Waals surface area contributed by atoms with Gasteiger partial charge in [-0.1, -0.05) is 26.7 Å². The Balaban J connectivity index is 1.88. The molecule has 0 aliphatic heterocycles. The van der Waals surface area contributed by atoms with Crippen LogP contribution in [0.2, 0.25) is 0 Å². The quantitative estimate of drug-likeness (QED) is 0.846. The Morgan fingerprint density at radius 2 is 2.25 bits per heavy atom. The number of nitrogens with one attached hydrogen (secondary N) is 1. The zero-order valence-corrected chi connectivity index (χ0v) is 10.2. The van der Waals surface area contributed by atoms with Crippen LogP contribution in [0.5, 0.6) is 0 Å². The lowest BCUT2D eigenvalue weighted by molar-refractivity contribution is 0.439. The molecule has 2 rings (SSSR count). The van der Waals surface area contributed by atoms with Gasteiger partial charge in [-0.15, -0.1) is 0 Å². The fourth-order valence-corrected chi connectivity index (χ4v) is 2.45. The number of aryl methyl sites for hydroxylation is 1. The zero-order chi connectivity index (χ0) is 11.4. The largest absolute Gasteiger partial charge is 0.370 e. The Hall–Kier alpha value is -1.12. The molecule has 3 nitrogen and oxygen atoms in total. The van der Waals surface area contributed by atoms with Gasteiger partial charge in [0, 0.05) is 18.3 Å². The van der Waals surface area contributed by atoms with Gasteiger partial charge in [-0.05, 0) is 24.7 Å². The predicted molar refractivity (Wildman–Crippen MR) is 66.4 cm³/mol. The third kappa shape index (κ3) is 2.71. The van der Waals surface area contributed by atoms with E-state index in [4.69, 9.17) is 0 Å². The van der Waals surface area contributed by atoms with E-state index in [2.05, 4.69) is 35.2 Å². The van der Waals surface area contributed by atoms with Crippen LogP contribution in [0.4, 0.5) is 5.82 Å². The summed E-state index contributed by atoms with van der Waals surface area (Å²) in [5.74, 6) is 2.66. The molecule has 0 bridgehead atoms. The second-order valence-corrected chi connectivity index (χ2v) is 4.80. The summed E-state index contributed by atoms with van der Waals surface area (Å²) in [7, 11) is 0. The van der Waals surface area contributed by atoms with Crippen molar-refractivity contribution in [1.29, 1.82) is 0 Å². The van der Waals surface area contributed by atoms with E-state index in [-0.39, 0.29) is 0 Å². The van der Waals surface area contributed by atoms with Crippen LogP contribution in [-0.2, 0) is 6.42 Å². The molecular weight excluding hydrogens is 198 g/mol. The van der Waals surface area contributed by atoms with Crippen LogP contribution >= 0.6 is 0 Å². The first-order valence-electron chi connectivity index (χ1n) is 6.34. The monoisotopic (exact) mass is 219 g/mol. The van der Waals surface area contributed by atoms with Gasteiger partial charge in [-0.25, -0.2) is 9.97 Å². The van der Waals surface area contributed by atoms with Crippen LogP contribution in [0.1, 0.15) is 38.8 Å². The number of hydrogen-bond donors (Lipinski definition) is 1. The van der Waals surface area contributed by atoms with Crippen molar-refractivity contribution in [3.8, 4) is 0 Å². The third-order valence-electron chi connectivity index (χ3n) is 3.67. The summed E-state index contributed by atoms with van der Waals surface area (Å²) >= 11 is 0. The van der Waals surface area contributed by atoms with Crippen LogP contribution in [0.15, 0.2) is 12.4 Å². The average molecular weight is 219 g/mol. The first-order valence-corrected chi connectivity index (χ1v) is 6.34. The standard InChI is InChI=1S/C13H21N3/c1-3-12-7-13(16-9-15-12)14-8-11-6-4-5-10(11)2/h7,9-11H,3-6,8H2,1-2H3,(H,14,15,16). The van der Waals surface area contributed by atoms with Crippen molar-refractivity contribution in [2.75, 3.05) is 11.9 Å². The Kier molecular flexibility index (Phi) is 3.75. The molecule has 1 saturated carbocycles. The number of hydrogen-bond acceptors (Lipinski definition) is 3. The molecule has 1 aromatic rings. The van der Waals surface area contributed by atoms with Crippen LogP contribution in [-0.4, -0.2) is 16.5 Å². The van der Waals surface area contributed by atoms with E-state index >= 15 is 0 Å². The Morgan fingerprint density at radius 1 is 1.38 bits per heavy atom. The lowest BCUT2D eigenvalue weighted by Crippen LogP contribution is -2.17. The maximum atomic E-state index is 4.25. The Labute approximate surface area is 97.7 Å². The molecule has 16 heavy (non-hydrogen) atoms. The van der Waals surface area contributed by atoms with E-state index in [0.29, 0.717) is 0 Å². The molecule has 1 heterocycles. The molecule has 0 saturated heterocycles. The zero-order valence-electron chi connectivity index (χ0n) is 10.2. The van der Waals surface area contributed by atoms with Gasteiger partial charge >= 0.3 is 0 Å². The lowest BCUT2D eigenvalue weighted by Gasteiger charge is -2.16. The molecule has 0 spiro atoms. The van der Waals surface area contributed by atoms with E-state index in [0.717, 1.165) is 36.3 Å². The number of nitrogens with zero attached hydrogens (tertiary/aromatic N) is 2. The third-order valence-corrected chi connectivity index (χ3v) is 3.67. The van der Waals surface area contributed by atoms with Crippen molar-refractivity contribution >= 4 is 5.82 Å². The summed E-state index contributed by atoms with van der Waals surface area (Å²) in [6.45, 7) is 5.53. The smallest absolute Gasteiger partial charge is 0.129 e. The first-order chi connectivity index (χ1) is 7.79. The van der Waals surface area contributed by atoms with Gasteiger partial charge in [-0.2, -0.15) is 0 Å². The summed E-state index contributed by atoms with van der Waals surface area (Å²) in [5, 5.41) is 3.44. The molecule has 1 aliphatic rings. The first kappa shape index (κ1) is 11.4. The number of rotatable bonds is 4.